The zero-order valence-corrected chi connectivity index (χ0v) is 12.5. The molecule has 2 aromatic carbocycles. The van der Waals surface area contributed by atoms with Gasteiger partial charge in [0.2, 0.25) is 0 Å². The lowest BCUT2D eigenvalue weighted by Gasteiger charge is -2.06. The van der Waals surface area contributed by atoms with Crippen LogP contribution < -0.4 is 5.32 Å². The summed E-state index contributed by atoms with van der Waals surface area (Å²) in [7, 11) is 0. The van der Waals surface area contributed by atoms with Gasteiger partial charge in [0.15, 0.2) is 5.89 Å². The van der Waals surface area contributed by atoms with Crippen molar-refractivity contribution in [1.82, 2.24) is 4.98 Å². The van der Waals surface area contributed by atoms with Crippen LogP contribution in [0.25, 0.3) is 11.3 Å². The average Bonchev–Trinajstić information content (AvgIpc) is 2.87. The van der Waals surface area contributed by atoms with E-state index in [1.165, 1.54) is 0 Å². The van der Waals surface area contributed by atoms with Crippen molar-refractivity contribution in [3.05, 3.63) is 71.8 Å². The first-order chi connectivity index (χ1) is 10.6. The van der Waals surface area contributed by atoms with Gasteiger partial charge in [0.05, 0.1) is 0 Å². The van der Waals surface area contributed by atoms with Crippen LogP contribution in [0.3, 0.4) is 0 Å². The molecule has 0 radical (unpaired) electrons. The quantitative estimate of drug-likeness (QED) is 0.786. The van der Waals surface area contributed by atoms with E-state index in [0.29, 0.717) is 11.5 Å². The van der Waals surface area contributed by atoms with E-state index in [9.17, 15) is 4.79 Å². The number of amides is 1. The van der Waals surface area contributed by atoms with Gasteiger partial charge in [-0.2, -0.15) is 0 Å². The number of rotatable bonds is 3. The number of aryl methyl sites for hydroxylation is 2. The van der Waals surface area contributed by atoms with Crippen molar-refractivity contribution in [2.45, 2.75) is 13.8 Å². The number of hydrogen-bond acceptors (Lipinski definition) is 3. The van der Waals surface area contributed by atoms with Crippen LogP contribution in [-0.4, -0.2) is 10.9 Å². The summed E-state index contributed by atoms with van der Waals surface area (Å²) in [5.74, 6) is 1.31. The lowest BCUT2D eigenvalue weighted by molar-refractivity contribution is 0.102. The second-order valence-electron chi connectivity index (χ2n) is 5.04. The number of oxazole rings is 1. The lowest BCUT2D eigenvalue weighted by atomic mass is 10.1. The first-order valence-corrected chi connectivity index (χ1v) is 7.04. The number of benzene rings is 2. The molecule has 0 aliphatic rings. The number of aromatic nitrogens is 1. The Morgan fingerprint density at radius 1 is 1.00 bits per heavy atom. The zero-order chi connectivity index (χ0) is 15.5. The molecule has 3 rings (SSSR count). The first kappa shape index (κ1) is 14.1. The molecular formula is C18H16N2O2. The van der Waals surface area contributed by atoms with Crippen molar-refractivity contribution in [3.8, 4) is 11.3 Å². The Morgan fingerprint density at radius 3 is 2.27 bits per heavy atom. The smallest absolute Gasteiger partial charge is 0.255 e. The summed E-state index contributed by atoms with van der Waals surface area (Å²) in [4.78, 5) is 16.5. The highest BCUT2D eigenvalue weighted by atomic mass is 16.4. The van der Waals surface area contributed by atoms with Crippen molar-refractivity contribution >= 4 is 11.6 Å². The van der Waals surface area contributed by atoms with Gasteiger partial charge in [0.25, 0.3) is 5.91 Å². The van der Waals surface area contributed by atoms with Gasteiger partial charge in [-0.3, -0.25) is 4.79 Å². The topological polar surface area (TPSA) is 55.1 Å². The standard InChI is InChI=1S/C18H16N2O2/c1-12-17(19-13(2)22-12)14-8-10-16(11-9-14)20-18(21)15-6-4-3-5-7-15/h3-11H,1-2H3,(H,20,21). The molecule has 1 heterocycles. The fourth-order valence-corrected chi connectivity index (χ4v) is 2.30. The van der Waals surface area contributed by atoms with E-state index >= 15 is 0 Å². The molecule has 0 aliphatic heterocycles. The summed E-state index contributed by atoms with van der Waals surface area (Å²) >= 11 is 0. The third-order valence-corrected chi connectivity index (χ3v) is 3.36. The van der Waals surface area contributed by atoms with Crippen molar-refractivity contribution in [2.24, 2.45) is 0 Å². The summed E-state index contributed by atoms with van der Waals surface area (Å²) in [6, 6.07) is 16.7. The highest BCUT2D eigenvalue weighted by molar-refractivity contribution is 6.04. The second kappa shape index (κ2) is 5.85. The first-order valence-electron chi connectivity index (χ1n) is 7.04. The Kier molecular flexibility index (Phi) is 3.74. The fraction of sp³-hybridized carbons (Fsp3) is 0.111. The SMILES string of the molecule is Cc1nc(-c2ccc(NC(=O)c3ccccc3)cc2)c(C)o1. The van der Waals surface area contributed by atoms with Gasteiger partial charge in [-0.25, -0.2) is 4.98 Å². The van der Waals surface area contributed by atoms with Crippen molar-refractivity contribution in [2.75, 3.05) is 5.32 Å². The zero-order valence-electron chi connectivity index (χ0n) is 12.5. The van der Waals surface area contributed by atoms with E-state index < -0.39 is 0 Å². The molecule has 4 nitrogen and oxygen atoms in total. The number of hydrogen-bond donors (Lipinski definition) is 1. The van der Waals surface area contributed by atoms with Gasteiger partial charge in [0, 0.05) is 23.7 Å². The summed E-state index contributed by atoms with van der Waals surface area (Å²) in [5, 5.41) is 2.87. The Bertz CT molecular complexity index is 790. The van der Waals surface area contributed by atoms with Crippen LogP contribution in [0.4, 0.5) is 5.69 Å². The summed E-state index contributed by atoms with van der Waals surface area (Å²) in [6.07, 6.45) is 0. The van der Waals surface area contributed by atoms with Gasteiger partial charge in [-0.1, -0.05) is 30.3 Å². The van der Waals surface area contributed by atoms with E-state index in [0.717, 1.165) is 22.7 Å². The molecule has 0 aliphatic carbocycles. The van der Waals surface area contributed by atoms with E-state index in [2.05, 4.69) is 10.3 Å². The fourth-order valence-electron chi connectivity index (χ4n) is 2.30. The number of nitrogens with one attached hydrogen (secondary N) is 1. The highest BCUT2D eigenvalue weighted by Crippen LogP contribution is 2.24. The van der Waals surface area contributed by atoms with Crippen LogP contribution in [0.15, 0.2) is 59.0 Å². The molecule has 110 valence electrons. The second-order valence-corrected chi connectivity index (χ2v) is 5.04. The van der Waals surface area contributed by atoms with Crippen LogP contribution in [0.2, 0.25) is 0 Å². The van der Waals surface area contributed by atoms with E-state index in [-0.39, 0.29) is 5.91 Å². The van der Waals surface area contributed by atoms with Crippen molar-refractivity contribution in [1.29, 1.82) is 0 Å². The predicted molar refractivity (Wildman–Crippen MR) is 85.8 cm³/mol. The summed E-state index contributed by atoms with van der Waals surface area (Å²) in [5.41, 5.74) is 3.18. The Hall–Kier alpha value is -2.88. The largest absolute Gasteiger partial charge is 0.446 e. The number of nitrogens with zero attached hydrogens (tertiary/aromatic N) is 1. The normalized spacial score (nSPS) is 10.5. The minimum absolute atomic E-state index is 0.123. The molecule has 1 N–H and O–H groups in total. The molecular weight excluding hydrogens is 276 g/mol. The molecule has 0 saturated heterocycles. The molecule has 0 unspecified atom stereocenters. The molecule has 3 aromatic rings. The molecule has 0 saturated carbocycles. The average molecular weight is 292 g/mol. The maximum atomic E-state index is 12.1. The Labute approximate surface area is 128 Å². The Morgan fingerprint density at radius 2 is 1.68 bits per heavy atom. The summed E-state index contributed by atoms with van der Waals surface area (Å²) < 4.78 is 5.44. The van der Waals surface area contributed by atoms with Crippen LogP contribution in [-0.2, 0) is 0 Å². The predicted octanol–water partition coefficient (Wildman–Crippen LogP) is 4.21. The van der Waals surface area contributed by atoms with Crippen LogP contribution in [0, 0.1) is 13.8 Å². The maximum Gasteiger partial charge on any atom is 0.255 e. The van der Waals surface area contributed by atoms with Crippen LogP contribution in [0.1, 0.15) is 22.0 Å². The van der Waals surface area contributed by atoms with E-state index in [1.54, 1.807) is 12.1 Å². The minimum Gasteiger partial charge on any atom is -0.446 e. The van der Waals surface area contributed by atoms with Crippen LogP contribution in [0.5, 0.6) is 0 Å². The number of anilines is 1. The molecule has 0 fully saturated rings. The molecule has 1 amide bonds. The van der Waals surface area contributed by atoms with Gasteiger partial charge in [-0.05, 0) is 31.2 Å². The Balaban J connectivity index is 1.77. The van der Waals surface area contributed by atoms with Gasteiger partial charge < -0.3 is 9.73 Å². The molecule has 1 aromatic heterocycles. The van der Waals surface area contributed by atoms with E-state index in [4.69, 9.17) is 4.42 Å². The minimum atomic E-state index is -0.123. The van der Waals surface area contributed by atoms with Crippen LogP contribution >= 0.6 is 0 Å². The third-order valence-electron chi connectivity index (χ3n) is 3.36. The molecule has 0 bridgehead atoms. The molecule has 4 heteroatoms. The maximum absolute atomic E-state index is 12.1. The van der Waals surface area contributed by atoms with Crippen molar-refractivity contribution < 1.29 is 9.21 Å². The van der Waals surface area contributed by atoms with Gasteiger partial charge >= 0.3 is 0 Å². The summed E-state index contributed by atoms with van der Waals surface area (Å²) in [6.45, 7) is 3.71. The molecule has 0 spiro atoms. The lowest BCUT2D eigenvalue weighted by Crippen LogP contribution is -2.11. The monoisotopic (exact) mass is 292 g/mol. The third kappa shape index (κ3) is 2.91. The molecule has 22 heavy (non-hydrogen) atoms. The number of carbonyl (C=O) groups is 1. The highest BCUT2D eigenvalue weighted by Gasteiger charge is 2.10. The number of carbonyl (C=O) groups excluding carboxylic acids is 1. The van der Waals surface area contributed by atoms with E-state index in [1.807, 2.05) is 56.3 Å². The van der Waals surface area contributed by atoms with Gasteiger partial charge in [-0.15, -0.1) is 0 Å². The molecule has 0 atom stereocenters. The van der Waals surface area contributed by atoms with Gasteiger partial charge in [0.1, 0.15) is 11.5 Å². The van der Waals surface area contributed by atoms with Crippen molar-refractivity contribution in [3.63, 3.8) is 0 Å².